The standard InChI is InChI=1S/C21H29N3O2/c25-21-12-17(14-24-9-8-22-15-24)11-20(21)23-13-16-4-3-7-19(10-16)26-18-5-1-2-6-18/h3-4,7-10,15,17-18,20-21,23,25H,1-2,5-6,11-14H2/t17?,20-,21-/m1/s1. The van der Waals surface area contributed by atoms with Crippen molar-refractivity contribution in [3.8, 4) is 5.75 Å². The van der Waals surface area contributed by atoms with Crippen LogP contribution in [-0.2, 0) is 13.1 Å². The molecule has 0 saturated heterocycles. The third-order valence-electron chi connectivity index (χ3n) is 5.73. The summed E-state index contributed by atoms with van der Waals surface area (Å²) in [5.74, 6) is 1.47. The molecule has 26 heavy (non-hydrogen) atoms. The Kier molecular flexibility index (Phi) is 5.56. The van der Waals surface area contributed by atoms with Crippen LogP contribution >= 0.6 is 0 Å². The van der Waals surface area contributed by atoms with E-state index >= 15 is 0 Å². The second-order valence-electron chi connectivity index (χ2n) is 7.82. The first-order valence-electron chi connectivity index (χ1n) is 9.89. The topological polar surface area (TPSA) is 59.3 Å². The first-order valence-corrected chi connectivity index (χ1v) is 9.89. The van der Waals surface area contributed by atoms with E-state index in [9.17, 15) is 5.11 Å². The molecule has 2 aromatic rings. The lowest BCUT2D eigenvalue weighted by molar-refractivity contribution is 0.145. The zero-order valence-corrected chi connectivity index (χ0v) is 15.3. The van der Waals surface area contributed by atoms with Gasteiger partial charge in [-0.2, -0.15) is 0 Å². The molecule has 0 bridgehead atoms. The van der Waals surface area contributed by atoms with Crippen LogP contribution in [0.4, 0.5) is 0 Å². The van der Waals surface area contributed by atoms with Crippen molar-refractivity contribution in [1.29, 1.82) is 0 Å². The molecule has 5 nitrogen and oxygen atoms in total. The van der Waals surface area contributed by atoms with Gasteiger partial charge >= 0.3 is 0 Å². The highest BCUT2D eigenvalue weighted by molar-refractivity contribution is 5.28. The van der Waals surface area contributed by atoms with Gasteiger partial charge in [0.1, 0.15) is 5.75 Å². The minimum atomic E-state index is -0.276. The molecule has 2 N–H and O–H groups in total. The number of nitrogens with one attached hydrogen (secondary N) is 1. The third kappa shape index (κ3) is 4.46. The van der Waals surface area contributed by atoms with Crippen LogP contribution in [0.15, 0.2) is 43.0 Å². The van der Waals surface area contributed by atoms with Gasteiger partial charge in [0.2, 0.25) is 0 Å². The minimum Gasteiger partial charge on any atom is -0.490 e. The Morgan fingerprint density at radius 1 is 1.23 bits per heavy atom. The first kappa shape index (κ1) is 17.6. The first-order chi connectivity index (χ1) is 12.8. The summed E-state index contributed by atoms with van der Waals surface area (Å²) in [7, 11) is 0. The molecule has 2 fully saturated rings. The maximum absolute atomic E-state index is 10.4. The van der Waals surface area contributed by atoms with E-state index in [2.05, 4.69) is 33.1 Å². The third-order valence-corrected chi connectivity index (χ3v) is 5.73. The van der Waals surface area contributed by atoms with E-state index in [1.807, 2.05) is 24.8 Å². The average molecular weight is 355 g/mol. The molecule has 1 heterocycles. The second-order valence-corrected chi connectivity index (χ2v) is 7.82. The Morgan fingerprint density at radius 3 is 2.92 bits per heavy atom. The molecule has 4 rings (SSSR count). The van der Waals surface area contributed by atoms with Crippen LogP contribution < -0.4 is 10.1 Å². The predicted octanol–water partition coefficient (Wildman–Crippen LogP) is 3.13. The van der Waals surface area contributed by atoms with Gasteiger partial charge in [0.05, 0.1) is 18.5 Å². The fourth-order valence-electron chi connectivity index (χ4n) is 4.36. The van der Waals surface area contributed by atoms with E-state index in [0.717, 1.165) is 31.7 Å². The summed E-state index contributed by atoms with van der Waals surface area (Å²) < 4.78 is 8.20. The molecule has 2 saturated carbocycles. The van der Waals surface area contributed by atoms with E-state index in [0.29, 0.717) is 12.0 Å². The SMILES string of the molecule is O[C@@H]1CC(Cn2ccnc2)C[C@H]1NCc1cccc(OC2CCCC2)c1. The molecular weight excluding hydrogens is 326 g/mol. The fourth-order valence-corrected chi connectivity index (χ4v) is 4.36. The molecule has 0 amide bonds. The number of hydrogen-bond acceptors (Lipinski definition) is 4. The van der Waals surface area contributed by atoms with E-state index in [4.69, 9.17) is 4.74 Å². The number of imidazole rings is 1. The van der Waals surface area contributed by atoms with Crippen molar-refractivity contribution >= 4 is 0 Å². The number of aliphatic hydroxyl groups is 1. The van der Waals surface area contributed by atoms with Crippen molar-refractivity contribution in [3.05, 3.63) is 48.5 Å². The van der Waals surface area contributed by atoms with Gasteiger partial charge in [-0.3, -0.25) is 0 Å². The van der Waals surface area contributed by atoms with Gasteiger partial charge < -0.3 is 19.7 Å². The number of ether oxygens (including phenoxy) is 1. The van der Waals surface area contributed by atoms with Crippen molar-refractivity contribution in [2.45, 2.75) is 69.9 Å². The maximum Gasteiger partial charge on any atom is 0.120 e. The number of nitrogens with zero attached hydrogens (tertiary/aromatic N) is 2. The quantitative estimate of drug-likeness (QED) is 0.801. The number of benzene rings is 1. The molecule has 0 radical (unpaired) electrons. The molecule has 2 aliphatic rings. The maximum atomic E-state index is 10.4. The smallest absolute Gasteiger partial charge is 0.120 e. The summed E-state index contributed by atoms with van der Waals surface area (Å²) in [5, 5.41) is 13.9. The summed E-state index contributed by atoms with van der Waals surface area (Å²) in [6.07, 6.45) is 12.5. The van der Waals surface area contributed by atoms with Crippen molar-refractivity contribution in [2.24, 2.45) is 5.92 Å². The number of rotatable bonds is 7. The normalized spacial score (nSPS) is 26.4. The molecule has 0 aliphatic heterocycles. The summed E-state index contributed by atoms with van der Waals surface area (Å²) in [4.78, 5) is 4.10. The number of hydrogen-bond donors (Lipinski definition) is 2. The van der Waals surface area contributed by atoms with Crippen molar-refractivity contribution in [3.63, 3.8) is 0 Å². The molecule has 2 aliphatic carbocycles. The molecule has 1 aromatic carbocycles. The van der Waals surface area contributed by atoms with Crippen molar-refractivity contribution in [2.75, 3.05) is 0 Å². The number of aliphatic hydroxyl groups excluding tert-OH is 1. The van der Waals surface area contributed by atoms with Crippen molar-refractivity contribution < 1.29 is 9.84 Å². The van der Waals surface area contributed by atoms with Crippen LogP contribution in [0.3, 0.4) is 0 Å². The van der Waals surface area contributed by atoms with E-state index < -0.39 is 0 Å². The van der Waals surface area contributed by atoms with Crippen LogP contribution in [0, 0.1) is 5.92 Å². The average Bonchev–Trinajstić information content (AvgIpc) is 3.38. The van der Waals surface area contributed by atoms with Gasteiger partial charge in [0, 0.05) is 31.5 Å². The fraction of sp³-hybridized carbons (Fsp3) is 0.571. The lowest BCUT2D eigenvalue weighted by Gasteiger charge is -2.18. The second kappa shape index (κ2) is 8.23. The van der Waals surface area contributed by atoms with Gasteiger partial charge in [-0.25, -0.2) is 4.98 Å². The highest BCUT2D eigenvalue weighted by Gasteiger charge is 2.32. The summed E-state index contributed by atoms with van der Waals surface area (Å²) >= 11 is 0. The Morgan fingerprint density at radius 2 is 2.12 bits per heavy atom. The molecule has 1 unspecified atom stereocenters. The Balaban J connectivity index is 1.28. The zero-order chi connectivity index (χ0) is 17.8. The van der Waals surface area contributed by atoms with Gasteiger partial charge in [-0.1, -0.05) is 12.1 Å². The Hall–Kier alpha value is -1.85. The monoisotopic (exact) mass is 355 g/mol. The van der Waals surface area contributed by atoms with Crippen LogP contribution in [-0.4, -0.2) is 32.9 Å². The zero-order valence-electron chi connectivity index (χ0n) is 15.3. The van der Waals surface area contributed by atoms with Gasteiger partial charge in [0.15, 0.2) is 0 Å². The Bertz CT molecular complexity index is 682. The molecule has 1 aromatic heterocycles. The van der Waals surface area contributed by atoms with Crippen molar-refractivity contribution in [1.82, 2.24) is 14.9 Å². The Labute approximate surface area is 155 Å². The van der Waals surface area contributed by atoms with E-state index in [1.54, 1.807) is 0 Å². The van der Waals surface area contributed by atoms with Crippen LogP contribution in [0.25, 0.3) is 0 Å². The summed E-state index contributed by atoms with van der Waals surface area (Å²) in [6, 6.07) is 8.53. The van der Waals surface area contributed by atoms with Crippen LogP contribution in [0.1, 0.15) is 44.1 Å². The van der Waals surface area contributed by atoms with Crippen LogP contribution in [0.2, 0.25) is 0 Å². The van der Waals surface area contributed by atoms with Gasteiger partial charge in [-0.15, -0.1) is 0 Å². The highest BCUT2D eigenvalue weighted by Crippen LogP contribution is 2.28. The van der Waals surface area contributed by atoms with Crippen LogP contribution in [0.5, 0.6) is 5.75 Å². The summed E-state index contributed by atoms with van der Waals surface area (Å²) in [6.45, 7) is 1.70. The largest absolute Gasteiger partial charge is 0.490 e. The molecule has 140 valence electrons. The molecular formula is C21H29N3O2. The molecule has 5 heteroatoms. The number of aromatic nitrogens is 2. The van der Waals surface area contributed by atoms with E-state index in [-0.39, 0.29) is 12.1 Å². The highest BCUT2D eigenvalue weighted by atomic mass is 16.5. The summed E-state index contributed by atoms with van der Waals surface area (Å²) in [5.41, 5.74) is 1.21. The molecule has 0 spiro atoms. The molecule has 3 atom stereocenters. The van der Waals surface area contributed by atoms with Gasteiger partial charge in [-0.05, 0) is 62.1 Å². The lowest BCUT2D eigenvalue weighted by Crippen LogP contribution is -2.35. The minimum absolute atomic E-state index is 0.155. The van der Waals surface area contributed by atoms with E-state index in [1.165, 1.54) is 31.2 Å². The lowest BCUT2D eigenvalue weighted by atomic mass is 10.1. The predicted molar refractivity (Wildman–Crippen MR) is 101 cm³/mol. The van der Waals surface area contributed by atoms with Gasteiger partial charge in [0.25, 0.3) is 0 Å².